The summed E-state index contributed by atoms with van der Waals surface area (Å²) in [6, 6.07) is 8.76. The van der Waals surface area contributed by atoms with Gasteiger partial charge in [0, 0.05) is 6.54 Å². The number of rotatable bonds is 6. The lowest BCUT2D eigenvalue weighted by atomic mass is 9.96. The van der Waals surface area contributed by atoms with Crippen molar-refractivity contribution in [3.8, 4) is 0 Å². The molecule has 0 aliphatic heterocycles. The fraction of sp³-hybridized carbons (Fsp3) is 0.385. The second-order valence-electron chi connectivity index (χ2n) is 4.27. The van der Waals surface area contributed by atoms with Gasteiger partial charge in [-0.15, -0.1) is 0 Å². The highest BCUT2D eigenvalue weighted by molar-refractivity contribution is 5.81. The van der Waals surface area contributed by atoms with Gasteiger partial charge in [-0.3, -0.25) is 9.59 Å². The van der Waals surface area contributed by atoms with Gasteiger partial charge in [0.2, 0.25) is 0 Å². The first kappa shape index (κ1) is 16.0. The molecular formula is C13H14F3NO3. The molecule has 0 heterocycles. The Bertz CT molecular complexity index is 460. The van der Waals surface area contributed by atoms with Gasteiger partial charge in [-0.1, -0.05) is 30.3 Å². The Kier molecular flexibility index (Phi) is 5.54. The van der Waals surface area contributed by atoms with Gasteiger partial charge in [0.15, 0.2) is 0 Å². The summed E-state index contributed by atoms with van der Waals surface area (Å²) in [6.07, 6.45) is -4.80. The molecule has 1 unspecified atom stereocenters. The number of hydrogen-bond donors (Lipinski definition) is 2. The van der Waals surface area contributed by atoms with Crippen LogP contribution in [0.4, 0.5) is 13.2 Å². The monoisotopic (exact) mass is 289 g/mol. The Morgan fingerprint density at radius 1 is 1.20 bits per heavy atom. The number of nitrogens with one attached hydrogen (secondary N) is 1. The Labute approximate surface area is 113 Å². The minimum atomic E-state index is -4.95. The Hall–Kier alpha value is -2.05. The van der Waals surface area contributed by atoms with E-state index in [-0.39, 0.29) is 19.4 Å². The molecule has 0 saturated heterocycles. The summed E-state index contributed by atoms with van der Waals surface area (Å²) in [5, 5.41) is 10.7. The van der Waals surface area contributed by atoms with Crippen LogP contribution in [0.3, 0.4) is 0 Å². The van der Waals surface area contributed by atoms with Crippen LogP contribution in [-0.2, 0) is 16.0 Å². The second-order valence-corrected chi connectivity index (χ2v) is 4.27. The molecule has 2 N–H and O–H groups in total. The quantitative estimate of drug-likeness (QED) is 0.841. The van der Waals surface area contributed by atoms with Crippen LogP contribution in [-0.4, -0.2) is 29.7 Å². The van der Waals surface area contributed by atoms with Crippen LogP contribution in [0.15, 0.2) is 30.3 Å². The van der Waals surface area contributed by atoms with Crippen molar-refractivity contribution in [2.45, 2.75) is 19.0 Å². The normalized spacial score (nSPS) is 12.8. The maximum absolute atomic E-state index is 12.0. The minimum Gasteiger partial charge on any atom is -0.481 e. The van der Waals surface area contributed by atoms with Crippen molar-refractivity contribution >= 4 is 11.9 Å². The van der Waals surface area contributed by atoms with E-state index >= 15 is 0 Å². The fourth-order valence-corrected chi connectivity index (χ4v) is 1.67. The predicted octanol–water partition coefficient (Wildman–Crippen LogP) is 2.00. The van der Waals surface area contributed by atoms with E-state index in [9.17, 15) is 22.8 Å². The zero-order chi connectivity index (χ0) is 15.2. The number of carbonyl (C=O) groups is 2. The van der Waals surface area contributed by atoms with Gasteiger partial charge in [-0.25, -0.2) is 0 Å². The van der Waals surface area contributed by atoms with E-state index < -0.39 is 24.0 Å². The summed E-state index contributed by atoms with van der Waals surface area (Å²) in [5.41, 5.74) is 0.780. The van der Waals surface area contributed by atoms with Gasteiger partial charge in [-0.05, 0) is 18.4 Å². The number of carboxylic acids is 1. The summed E-state index contributed by atoms with van der Waals surface area (Å²) < 4.78 is 35.9. The van der Waals surface area contributed by atoms with Gasteiger partial charge < -0.3 is 10.4 Å². The van der Waals surface area contributed by atoms with Crippen molar-refractivity contribution in [3.63, 3.8) is 0 Å². The molecule has 1 amide bonds. The van der Waals surface area contributed by atoms with Crippen molar-refractivity contribution in [2.75, 3.05) is 6.54 Å². The van der Waals surface area contributed by atoms with Crippen LogP contribution in [0.2, 0.25) is 0 Å². The van der Waals surface area contributed by atoms with Gasteiger partial charge in [0.25, 0.3) is 0 Å². The first-order valence-corrected chi connectivity index (χ1v) is 5.92. The number of halogens is 3. The molecule has 110 valence electrons. The average molecular weight is 289 g/mol. The predicted molar refractivity (Wildman–Crippen MR) is 65.0 cm³/mol. The minimum absolute atomic E-state index is 0.0634. The van der Waals surface area contributed by atoms with Crippen molar-refractivity contribution in [1.82, 2.24) is 5.32 Å². The molecule has 0 aliphatic rings. The van der Waals surface area contributed by atoms with Gasteiger partial charge in [0.1, 0.15) is 0 Å². The van der Waals surface area contributed by atoms with E-state index in [2.05, 4.69) is 0 Å². The number of aliphatic carboxylic acids is 1. The maximum atomic E-state index is 12.0. The molecule has 0 aromatic heterocycles. The van der Waals surface area contributed by atoms with Crippen molar-refractivity contribution in [2.24, 2.45) is 5.92 Å². The Morgan fingerprint density at radius 2 is 1.80 bits per heavy atom. The van der Waals surface area contributed by atoms with E-state index in [4.69, 9.17) is 5.11 Å². The fourth-order valence-electron chi connectivity index (χ4n) is 1.67. The third kappa shape index (κ3) is 5.29. The van der Waals surface area contributed by atoms with Crippen LogP contribution in [0.5, 0.6) is 0 Å². The standard InChI is InChI=1S/C13H14F3NO3/c14-13(15,16)12(20)17-7-6-10(11(18)19)8-9-4-2-1-3-5-9/h1-5,10H,6-8H2,(H,17,20)(H,18,19). The van der Waals surface area contributed by atoms with Crippen molar-refractivity contribution < 1.29 is 27.9 Å². The van der Waals surface area contributed by atoms with Crippen molar-refractivity contribution in [1.29, 1.82) is 0 Å². The van der Waals surface area contributed by atoms with Crippen LogP contribution >= 0.6 is 0 Å². The molecular weight excluding hydrogens is 275 g/mol. The molecule has 0 aliphatic carbocycles. The van der Waals surface area contributed by atoms with E-state index in [0.717, 1.165) is 5.56 Å². The molecule has 0 bridgehead atoms. The average Bonchev–Trinajstić information content (AvgIpc) is 2.37. The number of alkyl halides is 3. The highest BCUT2D eigenvalue weighted by Crippen LogP contribution is 2.15. The van der Waals surface area contributed by atoms with E-state index in [1.807, 2.05) is 0 Å². The lowest BCUT2D eigenvalue weighted by Gasteiger charge is -2.13. The lowest BCUT2D eigenvalue weighted by Crippen LogP contribution is -2.38. The number of amides is 1. The molecule has 0 radical (unpaired) electrons. The summed E-state index contributed by atoms with van der Waals surface area (Å²) in [4.78, 5) is 21.6. The third-order valence-corrected chi connectivity index (χ3v) is 2.71. The molecule has 1 aromatic rings. The van der Waals surface area contributed by atoms with E-state index in [1.54, 1.807) is 35.6 Å². The molecule has 0 fully saturated rings. The molecule has 4 nitrogen and oxygen atoms in total. The van der Waals surface area contributed by atoms with Gasteiger partial charge in [0.05, 0.1) is 5.92 Å². The summed E-state index contributed by atoms with van der Waals surface area (Å²) >= 11 is 0. The second kappa shape index (κ2) is 6.93. The molecule has 1 atom stereocenters. The zero-order valence-electron chi connectivity index (χ0n) is 10.5. The van der Waals surface area contributed by atoms with Crippen LogP contribution < -0.4 is 5.32 Å². The molecule has 0 saturated carbocycles. The number of carboxylic acid groups (broad SMARTS) is 1. The molecule has 1 rings (SSSR count). The van der Waals surface area contributed by atoms with Crippen molar-refractivity contribution in [3.05, 3.63) is 35.9 Å². The Balaban J connectivity index is 2.49. The summed E-state index contributed by atoms with van der Waals surface area (Å²) in [5.74, 6) is -4.00. The van der Waals surface area contributed by atoms with E-state index in [1.165, 1.54) is 0 Å². The largest absolute Gasteiger partial charge is 0.481 e. The van der Waals surface area contributed by atoms with Gasteiger partial charge >= 0.3 is 18.1 Å². The molecule has 20 heavy (non-hydrogen) atoms. The summed E-state index contributed by atoms with van der Waals surface area (Å²) in [6.45, 7) is -0.331. The third-order valence-electron chi connectivity index (χ3n) is 2.71. The molecule has 0 spiro atoms. The Morgan fingerprint density at radius 3 is 2.30 bits per heavy atom. The summed E-state index contributed by atoms with van der Waals surface area (Å²) in [7, 11) is 0. The van der Waals surface area contributed by atoms with Gasteiger partial charge in [-0.2, -0.15) is 13.2 Å². The van der Waals surface area contributed by atoms with Crippen LogP contribution in [0, 0.1) is 5.92 Å². The highest BCUT2D eigenvalue weighted by atomic mass is 19.4. The highest BCUT2D eigenvalue weighted by Gasteiger charge is 2.38. The van der Waals surface area contributed by atoms with E-state index in [0.29, 0.717) is 0 Å². The van der Waals surface area contributed by atoms with Crippen LogP contribution in [0.1, 0.15) is 12.0 Å². The number of benzene rings is 1. The number of carbonyl (C=O) groups excluding carboxylic acids is 1. The first-order chi connectivity index (χ1) is 9.30. The first-order valence-electron chi connectivity index (χ1n) is 5.92. The lowest BCUT2D eigenvalue weighted by molar-refractivity contribution is -0.173. The maximum Gasteiger partial charge on any atom is 0.471 e. The molecule has 7 heteroatoms. The smallest absolute Gasteiger partial charge is 0.471 e. The topological polar surface area (TPSA) is 66.4 Å². The number of hydrogen-bond acceptors (Lipinski definition) is 2. The zero-order valence-corrected chi connectivity index (χ0v) is 10.5. The van der Waals surface area contributed by atoms with Crippen LogP contribution in [0.25, 0.3) is 0 Å². The SMILES string of the molecule is O=C(O)C(CCNC(=O)C(F)(F)F)Cc1ccccc1. The molecule has 1 aromatic carbocycles.